The van der Waals surface area contributed by atoms with Crippen molar-refractivity contribution in [2.75, 3.05) is 26.2 Å². The van der Waals surface area contributed by atoms with Crippen LogP contribution in [0.3, 0.4) is 0 Å². The minimum atomic E-state index is -3.28. The lowest BCUT2D eigenvalue weighted by molar-refractivity contribution is 0.399. The fourth-order valence-corrected chi connectivity index (χ4v) is 5.68. The summed E-state index contributed by atoms with van der Waals surface area (Å²) in [7, 11) is -4.87. The van der Waals surface area contributed by atoms with Gasteiger partial charge in [0.1, 0.15) is 0 Å². The predicted octanol–water partition coefficient (Wildman–Crippen LogP) is 2.81. The summed E-state index contributed by atoms with van der Waals surface area (Å²) in [5.74, 6) is 0. The molecule has 1 atom stereocenters. The van der Waals surface area contributed by atoms with Crippen LogP contribution in [-0.4, -0.2) is 31.0 Å². The van der Waals surface area contributed by atoms with E-state index in [0.29, 0.717) is 0 Å². The number of rotatable bonds is 5. The molecular weight excluding hydrogens is 194 g/mol. The molecule has 0 rings (SSSR count). The number of unbranched alkanes of at least 4 members (excludes halogenated alkanes) is 1. The molecule has 0 aromatic carbocycles. The largest absolute Gasteiger partial charge is 0.358 e. The van der Waals surface area contributed by atoms with E-state index in [-0.39, 0.29) is 0 Å². The lowest BCUT2D eigenvalue weighted by Gasteiger charge is -2.17. The van der Waals surface area contributed by atoms with Gasteiger partial charge in [0, 0.05) is 6.66 Å². The number of hydrogen-bond acceptors (Lipinski definition) is 2. The van der Waals surface area contributed by atoms with Crippen LogP contribution >= 0.6 is 15.1 Å². The average molecular weight is 213 g/mol. The lowest BCUT2D eigenvalue weighted by atomic mass is 10.4. The van der Waals surface area contributed by atoms with Crippen LogP contribution in [0.2, 0.25) is 0 Å². The van der Waals surface area contributed by atoms with Gasteiger partial charge in [-0.15, -0.1) is 0 Å². The van der Waals surface area contributed by atoms with Gasteiger partial charge in [-0.1, -0.05) is 13.3 Å². The summed E-state index contributed by atoms with van der Waals surface area (Å²) in [6.45, 7) is 7.26. The first-order chi connectivity index (χ1) is 5.27. The van der Waals surface area contributed by atoms with E-state index in [1.54, 1.807) is 0 Å². The molecule has 1 N–H and O–H groups in total. The fourth-order valence-electron chi connectivity index (χ4n) is 0.990. The second kappa shape index (κ2) is 4.72. The van der Waals surface area contributed by atoms with Gasteiger partial charge < -0.3 is 4.89 Å². The van der Waals surface area contributed by atoms with Crippen molar-refractivity contribution >= 4 is 15.1 Å². The van der Waals surface area contributed by atoms with Gasteiger partial charge in [0.25, 0.3) is 0 Å². The smallest absolute Gasteiger partial charge is 0.322 e. The zero-order valence-corrected chi connectivity index (χ0v) is 10.1. The molecule has 0 aliphatic rings. The summed E-state index contributed by atoms with van der Waals surface area (Å²) in [5.41, 5.74) is 0. The van der Waals surface area contributed by atoms with Crippen LogP contribution in [0.15, 0.2) is 0 Å². The normalized spacial score (nSPS) is 17.4. The zero-order chi connectivity index (χ0) is 9.83. The van der Waals surface area contributed by atoms with E-state index in [0.717, 1.165) is 19.0 Å². The topological polar surface area (TPSA) is 46.5 Å². The Morgan fingerprint density at radius 1 is 1.50 bits per heavy atom. The summed E-state index contributed by atoms with van der Waals surface area (Å²) >= 11 is 0. The molecule has 5 heteroatoms. The molecule has 0 aromatic heterocycles. The average Bonchev–Trinajstić information content (AvgIpc) is 1.78. The minimum absolute atomic E-state index is 0.932. The van der Waals surface area contributed by atoms with Gasteiger partial charge in [0.15, 0.2) is 7.49 Å². The van der Waals surface area contributed by atoms with Crippen molar-refractivity contribution in [3.05, 3.63) is 0 Å². The molecular formula is C7H19O3P2+. The highest BCUT2D eigenvalue weighted by atomic mass is 31.3. The first kappa shape index (κ1) is 12.6. The lowest BCUT2D eigenvalue weighted by Crippen LogP contribution is -1.98. The highest BCUT2D eigenvalue weighted by Crippen LogP contribution is 2.63. The maximum atomic E-state index is 11.0. The van der Waals surface area contributed by atoms with Crippen LogP contribution in [-0.2, 0) is 8.88 Å². The van der Waals surface area contributed by atoms with Crippen molar-refractivity contribution in [3.63, 3.8) is 0 Å². The molecule has 3 nitrogen and oxygen atoms in total. The molecule has 0 fully saturated rings. The summed E-state index contributed by atoms with van der Waals surface area (Å²) in [6.07, 6.45) is 3.11. The predicted molar refractivity (Wildman–Crippen MR) is 55.4 cm³/mol. The Balaban J connectivity index is 3.95. The summed E-state index contributed by atoms with van der Waals surface area (Å²) in [6, 6.07) is 0. The van der Waals surface area contributed by atoms with Crippen LogP contribution in [0.1, 0.15) is 19.8 Å². The van der Waals surface area contributed by atoms with Crippen molar-refractivity contribution in [1.82, 2.24) is 0 Å². The quantitative estimate of drug-likeness (QED) is 0.714. The highest BCUT2D eigenvalue weighted by molar-refractivity contribution is 7.76. The molecule has 0 aliphatic carbocycles. The van der Waals surface area contributed by atoms with Crippen molar-refractivity contribution in [2.24, 2.45) is 0 Å². The molecule has 0 bridgehead atoms. The van der Waals surface area contributed by atoms with Crippen LogP contribution in [0.5, 0.6) is 0 Å². The van der Waals surface area contributed by atoms with Crippen molar-refractivity contribution in [2.45, 2.75) is 19.8 Å². The molecule has 0 aliphatic heterocycles. The van der Waals surface area contributed by atoms with Gasteiger partial charge in [0.05, 0.1) is 19.5 Å². The maximum Gasteiger partial charge on any atom is 0.358 e. The molecule has 0 heterocycles. The first-order valence-corrected chi connectivity index (χ1v) is 8.92. The SMILES string of the molecule is CCCC[P+](C)(C)OP(C)(=O)O. The van der Waals surface area contributed by atoms with E-state index in [1.807, 2.05) is 13.3 Å². The monoisotopic (exact) mass is 213 g/mol. The van der Waals surface area contributed by atoms with Crippen LogP contribution in [0, 0.1) is 0 Å². The minimum Gasteiger partial charge on any atom is -0.322 e. The summed E-state index contributed by atoms with van der Waals surface area (Å²) in [5, 5.41) is 0. The third kappa shape index (κ3) is 7.24. The summed E-state index contributed by atoms with van der Waals surface area (Å²) < 4.78 is 16.1. The van der Waals surface area contributed by atoms with Gasteiger partial charge in [-0.2, -0.15) is 4.31 Å². The van der Waals surface area contributed by atoms with Gasteiger partial charge in [0.2, 0.25) is 0 Å². The van der Waals surface area contributed by atoms with Crippen LogP contribution < -0.4 is 0 Å². The summed E-state index contributed by atoms with van der Waals surface area (Å²) in [4.78, 5) is 9.01. The molecule has 0 radical (unpaired) electrons. The molecule has 0 amide bonds. The van der Waals surface area contributed by atoms with E-state index < -0.39 is 15.1 Å². The molecule has 0 saturated carbocycles. The van der Waals surface area contributed by atoms with Gasteiger partial charge in [-0.25, -0.2) is 0 Å². The van der Waals surface area contributed by atoms with Crippen molar-refractivity contribution < 1.29 is 13.8 Å². The Labute approximate surface area is 75.5 Å². The Morgan fingerprint density at radius 2 is 2.00 bits per heavy atom. The second-order valence-corrected chi connectivity index (χ2v) is 9.39. The fraction of sp³-hybridized carbons (Fsp3) is 1.00. The molecule has 0 saturated heterocycles. The first-order valence-electron chi connectivity index (χ1n) is 4.11. The van der Waals surface area contributed by atoms with E-state index in [9.17, 15) is 4.57 Å². The molecule has 0 spiro atoms. The maximum absolute atomic E-state index is 11.0. The molecule has 0 aromatic rings. The van der Waals surface area contributed by atoms with Crippen LogP contribution in [0.4, 0.5) is 0 Å². The highest BCUT2D eigenvalue weighted by Gasteiger charge is 2.33. The zero-order valence-electron chi connectivity index (χ0n) is 8.28. The van der Waals surface area contributed by atoms with E-state index in [1.165, 1.54) is 6.66 Å². The van der Waals surface area contributed by atoms with Gasteiger partial charge in [-0.3, -0.25) is 4.57 Å². The van der Waals surface area contributed by atoms with E-state index in [4.69, 9.17) is 9.20 Å². The molecule has 74 valence electrons. The second-order valence-electron chi connectivity index (χ2n) is 3.54. The van der Waals surface area contributed by atoms with Gasteiger partial charge in [-0.05, 0) is 6.42 Å². The third-order valence-electron chi connectivity index (χ3n) is 1.42. The standard InChI is InChI=1S/C7H18O3P2/c1-5-6-7-11(2,3)10-12(4,8)9/h5-7H2,1-4H3/p+1. The Morgan fingerprint density at radius 3 is 2.33 bits per heavy atom. The number of hydrogen-bond donors (Lipinski definition) is 1. The van der Waals surface area contributed by atoms with E-state index >= 15 is 0 Å². The Hall–Kier alpha value is 0.580. The van der Waals surface area contributed by atoms with Crippen molar-refractivity contribution in [3.8, 4) is 0 Å². The van der Waals surface area contributed by atoms with Crippen LogP contribution in [0.25, 0.3) is 0 Å². The Kier molecular flexibility index (Phi) is 4.94. The molecule has 12 heavy (non-hydrogen) atoms. The van der Waals surface area contributed by atoms with E-state index in [2.05, 4.69) is 6.92 Å². The third-order valence-corrected chi connectivity index (χ3v) is 5.80. The molecule has 1 unspecified atom stereocenters. The van der Waals surface area contributed by atoms with Gasteiger partial charge >= 0.3 is 7.60 Å². The Bertz CT molecular complexity index is 173. The van der Waals surface area contributed by atoms with Crippen molar-refractivity contribution in [1.29, 1.82) is 0 Å².